The predicted octanol–water partition coefficient (Wildman–Crippen LogP) is 5.15. The topological polar surface area (TPSA) is 48.4 Å². The van der Waals surface area contributed by atoms with Crippen molar-refractivity contribution in [3.05, 3.63) is 65.3 Å². The Bertz CT molecular complexity index is 907. The number of hydrogen-bond acceptors (Lipinski definition) is 4. The molecule has 140 valence electrons. The first-order chi connectivity index (χ1) is 13.2. The quantitative estimate of drug-likeness (QED) is 0.641. The molecular weight excluding hydrogens is 358 g/mol. The molecule has 5 heteroatoms. The molecule has 0 radical (unpaired) electrons. The molecule has 0 spiro atoms. The number of β-amino-alcohol motifs (C(OH)–C–C–N with tert-alkyl or cyclic N) is 1. The Labute approximate surface area is 164 Å². The van der Waals surface area contributed by atoms with E-state index in [1.165, 1.54) is 19.3 Å². The highest BCUT2D eigenvalue weighted by molar-refractivity contribution is 6.31. The number of pyridine rings is 1. The van der Waals surface area contributed by atoms with Crippen LogP contribution < -0.4 is 5.32 Å². The summed E-state index contributed by atoms with van der Waals surface area (Å²) in [6.07, 6.45) is 5.11. The molecule has 0 bridgehead atoms. The van der Waals surface area contributed by atoms with Crippen molar-refractivity contribution in [3.63, 3.8) is 0 Å². The number of hydrogen-bond donors (Lipinski definition) is 2. The summed E-state index contributed by atoms with van der Waals surface area (Å²) in [6, 6.07) is 15.7. The zero-order valence-corrected chi connectivity index (χ0v) is 16.0. The van der Waals surface area contributed by atoms with Crippen LogP contribution in [0.15, 0.2) is 54.7 Å². The lowest BCUT2D eigenvalue weighted by Gasteiger charge is -2.28. The van der Waals surface area contributed by atoms with Crippen LogP contribution in [-0.4, -0.2) is 34.6 Å². The molecule has 1 saturated heterocycles. The van der Waals surface area contributed by atoms with Crippen molar-refractivity contribution < 1.29 is 5.11 Å². The second-order valence-electron chi connectivity index (χ2n) is 7.14. The molecule has 1 aliphatic rings. The summed E-state index contributed by atoms with van der Waals surface area (Å²) >= 11 is 6.06. The summed E-state index contributed by atoms with van der Waals surface area (Å²) < 4.78 is 0. The number of aromatic nitrogens is 1. The van der Waals surface area contributed by atoms with Crippen molar-refractivity contribution in [3.8, 4) is 0 Å². The van der Waals surface area contributed by atoms with Gasteiger partial charge in [0.2, 0.25) is 0 Å². The molecule has 4 rings (SSSR count). The minimum absolute atomic E-state index is 0.443. The number of likely N-dealkylation sites (tertiary alicyclic amines) is 1. The van der Waals surface area contributed by atoms with E-state index < -0.39 is 6.10 Å². The molecule has 1 aromatic heterocycles. The van der Waals surface area contributed by atoms with E-state index in [0.29, 0.717) is 11.6 Å². The first-order valence-electron chi connectivity index (χ1n) is 9.51. The third-order valence-corrected chi connectivity index (χ3v) is 5.39. The van der Waals surface area contributed by atoms with Gasteiger partial charge in [-0.05, 0) is 67.9 Å². The molecule has 3 aromatic rings. The maximum absolute atomic E-state index is 10.5. The van der Waals surface area contributed by atoms with Gasteiger partial charge in [0, 0.05) is 34.5 Å². The molecule has 4 nitrogen and oxygen atoms in total. The number of nitrogens with one attached hydrogen (secondary N) is 1. The zero-order chi connectivity index (χ0) is 18.6. The fraction of sp³-hybridized carbons (Fsp3) is 0.318. The number of halogens is 1. The van der Waals surface area contributed by atoms with Crippen molar-refractivity contribution in [1.82, 2.24) is 9.88 Å². The van der Waals surface area contributed by atoms with Crippen molar-refractivity contribution in [2.24, 2.45) is 0 Å². The Kier molecular flexibility index (Phi) is 5.58. The standard InChI is InChI=1S/C22H24ClN3O/c23-17-6-9-19-20(10-11-24-21(19)14-17)25-18-7-4-16(5-8-18)22(27)15-26-12-2-1-3-13-26/h4-11,14,22,27H,1-3,12-13,15H2,(H,24,25)/t22-/m1/s1. The van der Waals surface area contributed by atoms with Gasteiger partial charge in [0.15, 0.2) is 0 Å². The molecule has 2 heterocycles. The number of anilines is 2. The lowest BCUT2D eigenvalue weighted by Crippen LogP contribution is -2.33. The molecule has 1 atom stereocenters. The van der Waals surface area contributed by atoms with Crippen LogP contribution in [0.5, 0.6) is 0 Å². The van der Waals surface area contributed by atoms with E-state index in [4.69, 9.17) is 11.6 Å². The second-order valence-corrected chi connectivity index (χ2v) is 7.58. The van der Waals surface area contributed by atoms with Crippen LogP contribution in [0.2, 0.25) is 5.02 Å². The molecule has 1 aliphatic heterocycles. The van der Waals surface area contributed by atoms with E-state index in [-0.39, 0.29) is 0 Å². The van der Waals surface area contributed by atoms with E-state index in [0.717, 1.165) is 40.9 Å². The van der Waals surface area contributed by atoms with Crippen molar-refractivity contribution in [2.45, 2.75) is 25.4 Å². The van der Waals surface area contributed by atoms with Crippen molar-refractivity contribution in [1.29, 1.82) is 0 Å². The average Bonchev–Trinajstić information content (AvgIpc) is 2.69. The number of fused-ring (bicyclic) bond motifs is 1. The number of benzene rings is 2. The Morgan fingerprint density at radius 1 is 1.04 bits per heavy atom. The average molecular weight is 382 g/mol. The summed E-state index contributed by atoms with van der Waals surface area (Å²) in [6.45, 7) is 2.90. The number of rotatable bonds is 5. The third kappa shape index (κ3) is 4.41. The smallest absolute Gasteiger partial charge is 0.0916 e. The van der Waals surface area contributed by atoms with Gasteiger partial charge in [0.25, 0.3) is 0 Å². The molecule has 27 heavy (non-hydrogen) atoms. The van der Waals surface area contributed by atoms with Crippen LogP contribution in [-0.2, 0) is 0 Å². The van der Waals surface area contributed by atoms with Gasteiger partial charge in [-0.25, -0.2) is 0 Å². The van der Waals surface area contributed by atoms with Crippen LogP contribution in [0.4, 0.5) is 11.4 Å². The van der Waals surface area contributed by atoms with Crippen LogP contribution in [0, 0.1) is 0 Å². The van der Waals surface area contributed by atoms with E-state index in [1.807, 2.05) is 48.5 Å². The van der Waals surface area contributed by atoms with Gasteiger partial charge in [0.05, 0.1) is 11.6 Å². The Hall–Kier alpha value is -2.14. The molecule has 2 aromatic carbocycles. The van der Waals surface area contributed by atoms with Gasteiger partial charge in [0.1, 0.15) is 0 Å². The minimum atomic E-state index is -0.443. The normalized spacial score (nSPS) is 16.4. The number of piperidine rings is 1. The molecule has 0 saturated carbocycles. The molecule has 1 fully saturated rings. The summed E-state index contributed by atoms with van der Waals surface area (Å²) in [5, 5.41) is 15.7. The summed E-state index contributed by atoms with van der Waals surface area (Å²) in [5.74, 6) is 0. The lowest BCUT2D eigenvalue weighted by atomic mass is 10.1. The van der Waals surface area contributed by atoms with E-state index >= 15 is 0 Å². The summed E-state index contributed by atoms with van der Waals surface area (Å²) in [4.78, 5) is 6.73. The first-order valence-corrected chi connectivity index (χ1v) is 9.88. The largest absolute Gasteiger partial charge is 0.387 e. The van der Waals surface area contributed by atoms with Gasteiger partial charge in [-0.15, -0.1) is 0 Å². The fourth-order valence-electron chi connectivity index (χ4n) is 3.67. The number of nitrogens with zero attached hydrogens (tertiary/aromatic N) is 2. The molecule has 0 amide bonds. The van der Waals surface area contributed by atoms with E-state index in [9.17, 15) is 5.11 Å². The minimum Gasteiger partial charge on any atom is -0.387 e. The zero-order valence-electron chi connectivity index (χ0n) is 15.2. The van der Waals surface area contributed by atoms with E-state index in [1.54, 1.807) is 6.20 Å². The molecular formula is C22H24ClN3O. The second kappa shape index (κ2) is 8.26. The van der Waals surface area contributed by atoms with E-state index in [2.05, 4.69) is 15.2 Å². The maximum atomic E-state index is 10.5. The first kappa shape index (κ1) is 18.2. The van der Waals surface area contributed by atoms with Gasteiger partial charge >= 0.3 is 0 Å². The maximum Gasteiger partial charge on any atom is 0.0916 e. The molecule has 0 aliphatic carbocycles. The fourth-order valence-corrected chi connectivity index (χ4v) is 3.83. The Morgan fingerprint density at radius 2 is 1.81 bits per heavy atom. The molecule has 0 unspecified atom stereocenters. The van der Waals surface area contributed by atoms with Crippen molar-refractivity contribution >= 4 is 33.9 Å². The monoisotopic (exact) mass is 381 g/mol. The summed E-state index contributed by atoms with van der Waals surface area (Å²) in [5.41, 5.74) is 3.78. The highest BCUT2D eigenvalue weighted by Gasteiger charge is 2.16. The van der Waals surface area contributed by atoms with Crippen LogP contribution >= 0.6 is 11.6 Å². The Balaban J connectivity index is 1.46. The van der Waals surface area contributed by atoms with Crippen LogP contribution in [0.3, 0.4) is 0 Å². The SMILES string of the molecule is O[C@H](CN1CCCCC1)c1ccc(Nc2ccnc3cc(Cl)ccc23)cc1. The predicted molar refractivity (Wildman–Crippen MR) is 112 cm³/mol. The number of aliphatic hydroxyl groups excluding tert-OH is 1. The van der Waals surface area contributed by atoms with Gasteiger partial charge < -0.3 is 15.3 Å². The van der Waals surface area contributed by atoms with Gasteiger partial charge in [-0.3, -0.25) is 4.98 Å². The van der Waals surface area contributed by atoms with Crippen LogP contribution in [0.1, 0.15) is 30.9 Å². The summed E-state index contributed by atoms with van der Waals surface area (Å²) in [7, 11) is 0. The highest BCUT2D eigenvalue weighted by Crippen LogP contribution is 2.28. The van der Waals surface area contributed by atoms with Gasteiger partial charge in [-0.1, -0.05) is 30.2 Å². The highest BCUT2D eigenvalue weighted by atomic mass is 35.5. The van der Waals surface area contributed by atoms with Crippen LogP contribution in [0.25, 0.3) is 10.9 Å². The number of aliphatic hydroxyl groups is 1. The van der Waals surface area contributed by atoms with Crippen molar-refractivity contribution in [2.75, 3.05) is 25.0 Å². The lowest BCUT2D eigenvalue weighted by molar-refractivity contribution is 0.101. The van der Waals surface area contributed by atoms with Gasteiger partial charge in [-0.2, -0.15) is 0 Å². The molecule has 2 N–H and O–H groups in total. The third-order valence-electron chi connectivity index (χ3n) is 5.16. The Morgan fingerprint density at radius 3 is 2.59 bits per heavy atom.